The summed E-state index contributed by atoms with van der Waals surface area (Å²) in [7, 11) is 0. The first kappa shape index (κ1) is 12.7. The van der Waals surface area contributed by atoms with E-state index in [0.717, 1.165) is 16.9 Å². The molecule has 0 aromatic carbocycles. The predicted molar refractivity (Wildman–Crippen MR) is 65.5 cm³/mol. The molecule has 3 nitrogen and oxygen atoms in total. The van der Waals surface area contributed by atoms with E-state index in [4.69, 9.17) is 5.26 Å². The molecule has 16 heavy (non-hydrogen) atoms. The number of amides is 1. The van der Waals surface area contributed by atoms with Crippen molar-refractivity contribution >= 4 is 17.2 Å². The normalized spacial score (nSPS) is 13.9. The van der Waals surface area contributed by atoms with Crippen molar-refractivity contribution in [3.05, 3.63) is 21.9 Å². The average Bonchev–Trinajstić information content (AvgIpc) is 2.76. The van der Waals surface area contributed by atoms with Crippen LogP contribution in [-0.4, -0.2) is 11.4 Å². The number of nitrogens with zero attached hydrogens (tertiary/aromatic N) is 1. The number of aryl methyl sites for hydroxylation is 1. The molecule has 0 aliphatic carbocycles. The van der Waals surface area contributed by atoms with Crippen LogP contribution in [0.1, 0.15) is 42.4 Å². The maximum atomic E-state index is 12.0. The molecule has 0 saturated heterocycles. The first-order chi connectivity index (χ1) is 7.56. The van der Waals surface area contributed by atoms with Crippen molar-refractivity contribution in [2.24, 2.45) is 0 Å². The van der Waals surface area contributed by atoms with Crippen molar-refractivity contribution in [2.45, 2.75) is 39.2 Å². The molecule has 0 spiro atoms. The second-order valence-corrected chi connectivity index (χ2v) is 4.80. The van der Waals surface area contributed by atoms with Crippen molar-refractivity contribution in [3.63, 3.8) is 0 Å². The molecule has 0 bridgehead atoms. The molecule has 1 aromatic rings. The largest absolute Gasteiger partial charge is 0.333 e. The molecule has 0 aliphatic rings. The van der Waals surface area contributed by atoms with Gasteiger partial charge in [0.05, 0.1) is 10.9 Å². The maximum absolute atomic E-state index is 12.0. The summed E-state index contributed by atoms with van der Waals surface area (Å²) in [5, 5.41) is 13.7. The molecule has 0 radical (unpaired) electrons. The highest BCUT2D eigenvalue weighted by atomic mass is 32.1. The zero-order chi connectivity index (χ0) is 12.2. The van der Waals surface area contributed by atoms with Gasteiger partial charge in [-0.2, -0.15) is 5.26 Å². The Balaban J connectivity index is 2.85. The number of thiophene rings is 1. The van der Waals surface area contributed by atoms with E-state index in [-0.39, 0.29) is 5.91 Å². The Morgan fingerprint density at radius 1 is 1.62 bits per heavy atom. The second kappa shape index (κ2) is 5.13. The number of carbonyl (C=O) groups is 1. The van der Waals surface area contributed by atoms with E-state index in [1.54, 1.807) is 6.92 Å². The van der Waals surface area contributed by atoms with Gasteiger partial charge in [-0.25, -0.2) is 0 Å². The zero-order valence-electron chi connectivity index (χ0n) is 9.83. The van der Waals surface area contributed by atoms with Gasteiger partial charge in [0.2, 0.25) is 0 Å². The molecule has 1 atom stereocenters. The first-order valence-electron chi connectivity index (χ1n) is 5.36. The summed E-state index contributed by atoms with van der Waals surface area (Å²) >= 11 is 1.42. The van der Waals surface area contributed by atoms with Crippen LogP contribution in [-0.2, 0) is 6.42 Å². The van der Waals surface area contributed by atoms with Crippen LogP contribution in [0.4, 0.5) is 0 Å². The second-order valence-electron chi connectivity index (χ2n) is 3.88. The van der Waals surface area contributed by atoms with Gasteiger partial charge in [-0.15, -0.1) is 11.3 Å². The standard InChI is InChI=1S/C12H16N2OS/c1-4-9-6-7-16-10(9)11(15)14-12(3,5-2)8-13/h6-7H,4-5H2,1-3H3,(H,14,15). The van der Waals surface area contributed by atoms with Gasteiger partial charge >= 0.3 is 0 Å². The highest BCUT2D eigenvalue weighted by Gasteiger charge is 2.25. The van der Waals surface area contributed by atoms with Gasteiger partial charge in [-0.3, -0.25) is 4.79 Å². The molecule has 1 aromatic heterocycles. The number of carbonyl (C=O) groups excluding carboxylic acids is 1. The molecule has 0 saturated carbocycles. The molecule has 4 heteroatoms. The fourth-order valence-corrected chi connectivity index (χ4v) is 2.21. The van der Waals surface area contributed by atoms with Crippen LogP contribution < -0.4 is 5.32 Å². The molecule has 1 amide bonds. The fourth-order valence-electron chi connectivity index (χ4n) is 1.32. The van der Waals surface area contributed by atoms with Crippen LogP contribution in [0.25, 0.3) is 0 Å². The number of nitrogens with one attached hydrogen (secondary N) is 1. The lowest BCUT2D eigenvalue weighted by Gasteiger charge is -2.21. The van der Waals surface area contributed by atoms with Crippen molar-refractivity contribution in [2.75, 3.05) is 0 Å². The lowest BCUT2D eigenvalue weighted by atomic mass is 10.0. The van der Waals surface area contributed by atoms with Gasteiger partial charge in [-0.05, 0) is 36.8 Å². The molecule has 1 N–H and O–H groups in total. The summed E-state index contributed by atoms with van der Waals surface area (Å²) in [4.78, 5) is 12.7. The molecule has 1 heterocycles. The first-order valence-corrected chi connectivity index (χ1v) is 6.24. The van der Waals surface area contributed by atoms with Gasteiger partial charge in [0.1, 0.15) is 5.54 Å². The average molecular weight is 236 g/mol. The third-order valence-corrected chi connectivity index (χ3v) is 3.63. The van der Waals surface area contributed by atoms with Crippen LogP contribution in [0, 0.1) is 11.3 Å². The summed E-state index contributed by atoms with van der Waals surface area (Å²) in [5.41, 5.74) is 0.269. The number of hydrogen-bond acceptors (Lipinski definition) is 3. The summed E-state index contributed by atoms with van der Waals surface area (Å²) < 4.78 is 0. The van der Waals surface area contributed by atoms with Gasteiger partial charge in [0, 0.05) is 0 Å². The highest BCUT2D eigenvalue weighted by Crippen LogP contribution is 2.19. The third-order valence-electron chi connectivity index (χ3n) is 2.68. The monoisotopic (exact) mass is 236 g/mol. The molecular formula is C12H16N2OS. The Hall–Kier alpha value is -1.34. The third kappa shape index (κ3) is 2.61. The molecule has 1 unspecified atom stereocenters. The van der Waals surface area contributed by atoms with E-state index in [0.29, 0.717) is 6.42 Å². The lowest BCUT2D eigenvalue weighted by molar-refractivity contribution is 0.0926. The van der Waals surface area contributed by atoms with Crippen molar-refractivity contribution in [3.8, 4) is 6.07 Å². The van der Waals surface area contributed by atoms with E-state index >= 15 is 0 Å². The molecule has 0 aliphatic heterocycles. The highest BCUT2D eigenvalue weighted by molar-refractivity contribution is 7.12. The minimum Gasteiger partial charge on any atom is -0.333 e. The van der Waals surface area contributed by atoms with E-state index in [1.807, 2.05) is 25.3 Å². The Labute approximate surface area is 100 Å². The lowest BCUT2D eigenvalue weighted by Crippen LogP contribution is -2.44. The molecule has 86 valence electrons. The molecule has 0 fully saturated rings. The quantitative estimate of drug-likeness (QED) is 0.874. The minimum absolute atomic E-state index is 0.141. The Morgan fingerprint density at radius 3 is 2.81 bits per heavy atom. The van der Waals surface area contributed by atoms with Gasteiger partial charge in [0.25, 0.3) is 5.91 Å². The van der Waals surface area contributed by atoms with E-state index < -0.39 is 5.54 Å². The number of nitriles is 1. The van der Waals surface area contributed by atoms with Crippen LogP contribution in [0.2, 0.25) is 0 Å². The molecule has 1 rings (SSSR count). The Kier molecular flexibility index (Phi) is 4.08. The van der Waals surface area contributed by atoms with Gasteiger partial charge < -0.3 is 5.32 Å². The topological polar surface area (TPSA) is 52.9 Å². The SMILES string of the molecule is CCc1ccsc1C(=O)NC(C)(C#N)CC. The summed E-state index contributed by atoms with van der Waals surface area (Å²) in [6.07, 6.45) is 1.43. The minimum atomic E-state index is -0.772. The zero-order valence-corrected chi connectivity index (χ0v) is 10.6. The van der Waals surface area contributed by atoms with Crippen molar-refractivity contribution in [1.82, 2.24) is 5.32 Å². The number of hydrogen-bond donors (Lipinski definition) is 1. The van der Waals surface area contributed by atoms with Crippen LogP contribution in [0.3, 0.4) is 0 Å². The van der Waals surface area contributed by atoms with E-state index in [9.17, 15) is 4.79 Å². The smallest absolute Gasteiger partial charge is 0.262 e. The van der Waals surface area contributed by atoms with E-state index in [2.05, 4.69) is 11.4 Å². The Bertz CT molecular complexity index is 419. The van der Waals surface area contributed by atoms with Crippen LogP contribution in [0.5, 0.6) is 0 Å². The van der Waals surface area contributed by atoms with Crippen molar-refractivity contribution < 1.29 is 4.79 Å². The summed E-state index contributed by atoms with van der Waals surface area (Å²) in [6.45, 7) is 5.64. The maximum Gasteiger partial charge on any atom is 0.262 e. The predicted octanol–water partition coefficient (Wildman–Crippen LogP) is 2.73. The van der Waals surface area contributed by atoms with E-state index in [1.165, 1.54) is 11.3 Å². The molecular weight excluding hydrogens is 220 g/mol. The number of rotatable bonds is 4. The van der Waals surface area contributed by atoms with Crippen LogP contribution >= 0.6 is 11.3 Å². The Morgan fingerprint density at radius 2 is 2.31 bits per heavy atom. The van der Waals surface area contributed by atoms with Crippen molar-refractivity contribution in [1.29, 1.82) is 5.26 Å². The van der Waals surface area contributed by atoms with Crippen LogP contribution in [0.15, 0.2) is 11.4 Å². The summed E-state index contributed by atoms with van der Waals surface area (Å²) in [5.74, 6) is -0.141. The summed E-state index contributed by atoms with van der Waals surface area (Å²) in [6, 6.07) is 4.08. The van der Waals surface area contributed by atoms with Gasteiger partial charge in [0.15, 0.2) is 0 Å². The van der Waals surface area contributed by atoms with Gasteiger partial charge in [-0.1, -0.05) is 13.8 Å². The fraction of sp³-hybridized carbons (Fsp3) is 0.500.